The first-order chi connectivity index (χ1) is 5.86. The summed E-state index contributed by atoms with van der Waals surface area (Å²) < 4.78 is 0. The van der Waals surface area contributed by atoms with E-state index >= 15 is 0 Å². The van der Waals surface area contributed by atoms with E-state index in [2.05, 4.69) is 28.4 Å². The summed E-state index contributed by atoms with van der Waals surface area (Å²) in [6.45, 7) is 3.50. The molecule has 0 aliphatic carbocycles. The number of nitrogens with zero attached hydrogens (tertiary/aromatic N) is 2. The lowest BCUT2D eigenvalue weighted by atomic mass is 10.0. The highest BCUT2D eigenvalue weighted by molar-refractivity contribution is 4.92. The quantitative estimate of drug-likeness (QED) is 0.610. The van der Waals surface area contributed by atoms with Crippen molar-refractivity contribution in [3.8, 4) is 0 Å². The number of hydrogen-bond acceptors (Lipinski definition) is 3. The van der Waals surface area contributed by atoms with Crippen LogP contribution in [0.1, 0.15) is 12.8 Å². The Bertz CT molecular complexity index is 171. The molecular weight excluding hydrogens is 150 g/mol. The first kappa shape index (κ1) is 7.92. The molecule has 1 N–H and O–H groups in total. The molecule has 0 bridgehead atoms. The van der Waals surface area contributed by atoms with Crippen LogP contribution in [0.15, 0.2) is 12.4 Å². The van der Waals surface area contributed by atoms with Crippen LogP contribution >= 0.6 is 0 Å². The molecule has 0 aromatic heterocycles. The highest BCUT2D eigenvalue weighted by Gasteiger charge is 2.21. The van der Waals surface area contributed by atoms with Crippen molar-refractivity contribution < 1.29 is 0 Å². The van der Waals surface area contributed by atoms with E-state index in [4.69, 9.17) is 0 Å². The second-order valence-corrected chi connectivity index (χ2v) is 3.73. The van der Waals surface area contributed by atoms with Gasteiger partial charge in [-0.3, -0.25) is 0 Å². The number of piperidine rings is 1. The van der Waals surface area contributed by atoms with E-state index < -0.39 is 0 Å². The fourth-order valence-corrected chi connectivity index (χ4v) is 1.94. The number of nitrogens with one attached hydrogen (secondary N) is 1. The van der Waals surface area contributed by atoms with Gasteiger partial charge in [0.25, 0.3) is 0 Å². The molecule has 2 aliphatic heterocycles. The molecule has 12 heavy (non-hydrogen) atoms. The highest BCUT2D eigenvalue weighted by Crippen LogP contribution is 2.16. The van der Waals surface area contributed by atoms with Crippen LogP contribution in [0.25, 0.3) is 0 Å². The van der Waals surface area contributed by atoms with Crippen LogP contribution in [-0.2, 0) is 0 Å². The Kier molecular flexibility index (Phi) is 2.21. The van der Waals surface area contributed by atoms with E-state index in [0.717, 1.165) is 12.7 Å². The Morgan fingerprint density at radius 1 is 1.33 bits per heavy atom. The average Bonchev–Trinajstić information content (AvgIpc) is 2.58. The van der Waals surface area contributed by atoms with Gasteiger partial charge in [-0.05, 0) is 33.0 Å². The number of likely N-dealkylation sites (tertiary alicyclic amines) is 1. The summed E-state index contributed by atoms with van der Waals surface area (Å²) >= 11 is 0. The van der Waals surface area contributed by atoms with Crippen molar-refractivity contribution in [3.63, 3.8) is 0 Å². The Labute approximate surface area is 74.0 Å². The molecule has 0 saturated carbocycles. The minimum Gasteiger partial charge on any atom is -0.373 e. The van der Waals surface area contributed by atoms with Gasteiger partial charge in [0.2, 0.25) is 0 Å². The first-order valence-corrected chi connectivity index (χ1v) is 4.70. The fourth-order valence-electron chi connectivity index (χ4n) is 1.94. The molecule has 68 valence electrons. The summed E-state index contributed by atoms with van der Waals surface area (Å²) in [5, 5.41) is 3.21. The predicted molar refractivity (Wildman–Crippen MR) is 49.5 cm³/mol. The second kappa shape index (κ2) is 3.35. The topological polar surface area (TPSA) is 18.5 Å². The third-order valence-electron chi connectivity index (χ3n) is 2.81. The lowest BCUT2D eigenvalue weighted by Gasteiger charge is -2.34. The maximum atomic E-state index is 3.21. The standard InChI is InChI=1S/C9H17N3/c1-11-5-2-9(3-6-11)12-7-4-10-8-12/h4,7,9-10H,2-3,5-6,8H2,1H3. The van der Waals surface area contributed by atoms with Crippen molar-refractivity contribution in [1.82, 2.24) is 15.1 Å². The van der Waals surface area contributed by atoms with Gasteiger partial charge in [-0.25, -0.2) is 0 Å². The Morgan fingerprint density at radius 2 is 2.08 bits per heavy atom. The zero-order chi connectivity index (χ0) is 8.39. The van der Waals surface area contributed by atoms with Crippen LogP contribution < -0.4 is 5.32 Å². The van der Waals surface area contributed by atoms with Crippen molar-refractivity contribution >= 4 is 0 Å². The number of rotatable bonds is 1. The third-order valence-corrected chi connectivity index (χ3v) is 2.81. The van der Waals surface area contributed by atoms with E-state index in [9.17, 15) is 0 Å². The van der Waals surface area contributed by atoms with Crippen LogP contribution in [0.3, 0.4) is 0 Å². The van der Waals surface area contributed by atoms with Gasteiger partial charge in [0, 0.05) is 18.4 Å². The third kappa shape index (κ3) is 1.55. The van der Waals surface area contributed by atoms with Crippen LogP contribution in [0.2, 0.25) is 0 Å². The molecule has 3 nitrogen and oxygen atoms in total. The normalized spacial score (nSPS) is 26.2. The van der Waals surface area contributed by atoms with E-state index in [-0.39, 0.29) is 0 Å². The van der Waals surface area contributed by atoms with Crippen LogP contribution in [0, 0.1) is 0 Å². The summed E-state index contributed by atoms with van der Waals surface area (Å²) in [5.41, 5.74) is 0. The maximum Gasteiger partial charge on any atom is 0.0870 e. The van der Waals surface area contributed by atoms with Crippen LogP contribution in [0.4, 0.5) is 0 Å². The van der Waals surface area contributed by atoms with Gasteiger partial charge in [0.1, 0.15) is 0 Å². The summed E-state index contributed by atoms with van der Waals surface area (Å²) in [6.07, 6.45) is 6.83. The first-order valence-electron chi connectivity index (χ1n) is 4.70. The molecule has 0 radical (unpaired) electrons. The molecule has 2 rings (SSSR count). The zero-order valence-corrected chi connectivity index (χ0v) is 7.66. The van der Waals surface area contributed by atoms with Crippen LogP contribution in [0.5, 0.6) is 0 Å². The van der Waals surface area contributed by atoms with E-state index in [0.29, 0.717) is 0 Å². The molecule has 2 aliphatic rings. The molecule has 0 amide bonds. The zero-order valence-electron chi connectivity index (χ0n) is 7.66. The van der Waals surface area contributed by atoms with Crippen molar-refractivity contribution in [2.45, 2.75) is 18.9 Å². The maximum absolute atomic E-state index is 3.21. The molecule has 0 unspecified atom stereocenters. The minimum absolute atomic E-state index is 0.771. The molecule has 0 atom stereocenters. The monoisotopic (exact) mass is 167 g/mol. The molecule has 0 spiro atoms. The fraction of sp³-hybridized carbons (Fsp3) is 0.778. The SMILES string of the molecule is CN1CCC(N2C=CNC2)CC1. The molecule has 1 fully saturated rings. The minimum atomic E-state index is 0.771. The summed E-state index contributed by atoms with van der Waals surface area (Å²) in [7, 11) is 2.20. The number of hydrogen-bond donors (Lipinski definition) is 1. The summed E-state index contributed by atoms with van der Waals surface area (Å²) in [6, 6.07) is 0.771. The van der Waals surface area contributed by atoms with E-state index in [1.807, 2.05) is 6.20 Å². The van der Waals surface area contributed by atoms with Gasteiger partial charge >= 0.3 is 0 Å². The molecule has 1 saturated heterocycles. The van der Waals surface area contributed by atoms with Gasteiger partial charge in [-0.2, -0.15) is 0 Å². The van der Waals surface area contributed by atoms with E-state index in [1.165, 1.54) is 25.9 Å². The molecule has 3 heteroatoms. The van der Waals surface area contributed by atoms with Crippen LogP contribution in [-0.4, -0.2) is 42.6 Å². The Morgan fingerprint density at radius 3 is 2.67 bits per heavy atom. The summed E-state index contributed by atoms with van der Waals surface area (Å²) in [4.78, 5) is 4.82. The highest BCUT2D eigenvalue weighted by atomic mass is 15.3. The Balaban J connectivity index is 1.84. The largest absolute Gasteiger partial charge is 0.373 e. The van der Waals surface area contributed by atoms with Gasteiger partial charge < -0.3 is 15.1 Å². The van der Waals surface area contributed by atoms with Crippen molar-refractivity contribution in [2.75, 3.05) is 26.8 Å². The second-order valence-electron chi connectivity index (χ2n) is 3.73. The van der Waals surface area contributed by atoms with E-state index in [1.54, 1.807) is 0 Å². The van der Waals surface area contributed by atoms with Crippen molar-refractivity contribution in [1.29, 1.82) is 0 Å². The molecule has 0 aromatic rings. The lowest BCUT2D eigenvalue weighted by Crippen LogP contribution is -2.41. The van der Waals surface area contributed by atoms with Crippen molar-refractivity contribution in [2.24, 2.45) is 0 Å². The average molecular weight is 167 g/mol. The Hall–Kier alpha value is -0.700. The molecular formula is C9H17N3. The smallest absolute Gasteiger partial charge is 0.0870 e. The molecule has 2 heterocycles. The van der Waals surface area contributed by atoms with Gasteiger partial charge in [-0.1, -0.05) is 0 Å². The predicted octanol–water partition coefficient (Wildman–Crippen LogP) is 0.414. The van der Waals surface area contributed by atoms with Gasteiger partial charge in [0.15, 0.2) is 0 Å². The summed E-state index contributed by atoms with van der Waals surface area (Å²) in [5.74, 6) is 0. The van der Waals surface area contributed by atoms with Gasteiger partial charge in [0.05, 0.1) is 6.67 Å². The van der Waals surface area contributed by atoms with Gasteiger partial charge in [-0.15, -0.1) is 0 Å². The van der Waals surface area contributed by atoms with Crippen molar-refractivity contribution in [3.05, 3.63) is 12.4 Å². The lowest BCUT2D eigenvalue weighted by molar-refractivity contribution is 0.165. The molecule has 0 aromatic carbocycles.